The SMILES string of the molecule is O=C(C1Cc2ccccc2CN1C(=O)c1ccco1)N1CCC(c2nc3ccccc3o2)CC1. The van der Waals surface area contributed by atoms with E-state index in [1.165, 1.54) is 6.26 Å². The summed E-state index contributed by atoms with van der Waals surface area (Å²) in [5.74, 6) is 0.926. The third-order valence-electron chi connectivity index (χ3n) is 6.99. The van der Waals surface area contributed by atoms with E-state index in [-0.39, 0.29) is 23.5 Å². The van der Waals surface area contributed by atoms with Crippen LogP contribution < -0.4 is 0 Å². The van der Waals surface area contributed by atoms with E-state index in [1.807, 2.05) is 53.4 Å². The van der Waals surface area contributed by atoms with Crippen molar-refractivity contribution in [2.24, 2.45) is 0 Å². The number of likely N-dealkylation sites (tertiary alicyclic amines) is 1. The van der Waals surface area contributed by atoms with Crippen molar-refractivity contribution in [3.63, 3.8) is 0 Å². The zero-order valence-electron chi connectivity index (χ0n) is 18.7. The maximum atomic E-state index is 13.7. The van der Waals surface area contributed by atoms with Crippen LogP contribution in [0.2, 0.25) is 0 Å². The van der Waals surface area contributed by atoms with E-state index in [2.05, 4.69) is 4.98 Å². The van der Waals surface area contributed by atoms with Gasteiger partial charge in [0, 0.05) is 32.0 Å². The lowest BCUT2D eigenvalue weighted by atomic mass is 9.91. The van der Waals surface area contributed by atoms with Gasteiger partial charge in [0.05, 0.1) is 6.26 Å². The summed E-state index contributed by atoms with van der Waals surface area (Å²) in [4.78, 5) is 35.1. The van der Waals surface area contributed by atoms with Gasteiger partial charge in [-0.05, 0) is 48.2 Å². The fourth-order valence-electron chi connectivity index (χ4n) is 5.12. The van der Waals surface area contributed by atoms with E-state index in [1.54, 1.807) is 17.0 Å². The van der Waals surface area contributed by atoms with E-state index >= 15 is 0 Å². The molecule has 0 bridgehead atoms. The van der Waals surface area contributed by atoms with Crippen molar-refractivity contribution in [2.45, 2.75) is 37.8 Å². The number of carbonyl (C=O) groups is 2. The molecule has 2 amide bonds. The molecule has 0 aliphatic carbocycles. The van der Waals surface area contributed by atoms with Gasteiger partial charge in [-0.15, -0.1) is 0 Å². The van der Waals surface area contributed by atoms with Crippen LogP contribution in [-0.2, 0) is 17.8 Å². The maximum Gasteiger partial charge on any atom is 0.290 e. The molecule has 2 aromatic heterocycles. The first-order valence-corrected chi connectivity index (χ1v) is 11.7. The highest BCUT2D eigenvalue weighted by molar-refractivity contribution is 5.96. The minimum absolute atomic E-state index is 0.00887. The molecule has 2 aliphatic rings. The predicted molar refractivity (Wildman–Crippen MR) is 125 cm³/mol. The smallest absolute Gasteiger partial charge is 0.290 e. The van der Waals surface area contributed by atoms with E-state index in [4.69, 9.17) is 8.83 Å². The van der Waals surface area contributed by atoms with Gasteiger partial charge in [-0.3, -0.25) is 9.59 Å². The Morgan fingerprint density at radius 2 is 1.68 bits per heavy atom. The van der Waals surface area contributed by atoms with Gasteiger partial charge < -0.3 is 18.6 Å². The summed E-state index contributed by atoms with van der Waals surface area (Å²) in [6.45, 7) is 1.62. The highest BCUT2D eigenvalue weighted by Gasteiger charge is 2.39. The Kier molecular flexibility index (Phi) is 5.17. The largest absolute Gasteiger partial charge is 0.459 e. The minimum Gasteiger partial charge on any atom is -0.459 e. The number of nitrogens with zero attached hydrogens (tertiary/aromatic N) is 3. The second-order valence-corrected chi connectivity index (χ2v) is 9.02. The van der Waals surface area contributed by atoms with Crippen LogP contribution in [0.5, 0.6) is 0 Å². The summed E-state index contributed by atoms with van der Waals surface area (Å²) in [6.07, 6.45) is 3.56. The van der Waals surface area contributed by atoms with Gasteiger partial charge in [-0.1, -0.05) is 36.4 Å². The molecule has 7 nitrogen and oxygen atoms in total. The Labute approximate surface area is 197 Å². The molecule has 1 atom stereocenters. The molecule has 2 aromatic carbocycles. The third-order valence-corrected chi connectivity index (χ3v) is 6.99. The lowest BCUT2D eigenvalue weighted by molar-refractivity contribution is -0.137. The van der Waals surface area contributed by atoms with E-state index < -0.39 is 6.04 Å². The molecular weight excluding hydrogens is 430 g/mol. The maximum absolute atomic E-state index is 13.7. The van der Waals surface area contributed by atoms with Crippen molar-refractivity contribution in [2.75, 3.05) is 13.1 Å². The van der Waals surface area contributed by atoms with Gasteiger partial charge in [-0.2, -0.15) is 0 Å². The summed E-state index contributed by atoms with van der Waals surface area (Å²) in [5.41, 5.74) is 3.85. The van der Waals surface area contributed by atoms with Crippen molar-refractivity contribution < 1.29 is 18.4 Å². The van der Waals surface area contributed by atoms with Crippen LogP contribution in [0.1, 0.15) is 46.3 Å². The van der Waals surface area contributed by atoms with Gasteiger partial charge in [-0.25, -0.2) is 4.98 Å². The van der Waals surface area contributed by atoms with Crippen LogP contribution in [0.25, 0.3) is 11.1 Å². The number of piperidine rings is 1. The van der Waals surface area contributed by atoms with Gasteiger partial charge in [0.1, 0.15) is 11.6 Å². The molecule has 0 N–H and O–H groups in total. The van der Waals surface area contributed by atoms with E-state index in [0.717, 1.165) is 41.0 Å². The van der Waals surface area contributed by atoms with Gasteiger partial charge >= 0.3 is 0 Å². The fourth-order valence-corrected chi connectivity index (χ4v) is 5.12. The van der Waals surface area contributed by atoms with Gasteiger partial charge in [0.15, 0.2) is 17.2 Å². The molecule has 6 rings (SSSR count). The Morgan fingerprint density at radius 3 is 2.44 bits per heavy atom. The van der Waals surface area contributed by atoms with Crippen LogP contribution in [0.4, 0.5) is 0 Å². The van der Waals surface area contributed by atoms with Crippen molar-refractivity contribution in [1.29, 1.82) is 0 Å². The summed E-state index contributed by atoms with van der Waals surface area (Å²) in [5, 5.41) is 0. The highest BCUT2D eigenvalue weighted by atomic mass is 16.3. The first kappa shape index (κ1) is 20.7. The number of oxazole rings is 1. The standard InChI is InChI=1S/C27H25N3O4/c31-26(29-13-11-18(12-14-29)25-28-21-8-3-4-9-23(21)34-25)22-16-19-6-1-2-7-20(19)17-30(22)27(32)24-10-5-15-33-24/h1-10,15,18,22H,11-14,16-17H2. The van der Waals surface area contributed by atoms with Crippen molar-refractivity contribution in [3.8, 4) is 0 Å². The number of fused-ring (bicyclic) bond motifs is 2. The summed E-state index contributed by atoms with van der Waals surface area (Å²) in [7, 11) is 0. The quantitative estimate of drug-likeness (QED) is 0.458. The van der Waals surface area contributed by atoms with Gasteiger partial charge in [0.2, 0.25) is 5.91 Å². The molecule has 1 fully saturated rings. The van der Waals surface area contributed by atoms with Crippen molar-refractivity contribution in [3.05, 3.63) is 89.7 Å². The highest BCUT2D eigenvalue weighted by Crippen LogP contribution is 2.32. The Hall–Kier alpha value is -3.87. The molecule has 1 unspecified atom stereocenters. The van der Waals surface area contributed by atoms with E-state index in [9.17, 15) is 9.59 Å². The number of para-hydroxylation sites is 2. The van der Waals surface area contributed by atoms with E-state index in [0.29, 0.717) is 26.1 Å². The molecule has 4 aromatic rings. The number of aromatic nitrogens is 1. The normalized spacial score (nSPS) is 18.8. The van der Waals surface area contributed by atoms with Crippen LogP contribution in [0.15, 0.2) is 75.8 Å². The number of carbonyl (C=O) groups excluding carboxylic acids is 2. The first-order chi connectivity index (χ1) is 16.7. The zero-order valence-corrected chi connectivity index (χ0v) is 18.7. The number of hydrogen-bond acceptors (Lipinski definition) is 5. The monoisotopic (exact) mass is 455 g/mol. The minimum atomic E-state index is -0.548. The van der Waals surface area contributed by atoms with Crippen LogP contribution in [-0.4, -0.2) is 45.7 Å². The Bertz CT molecular complexity index is 1300. The lowest BCUT2D eigenvalue weighted by Crippen LogP contribution is -2.54. The molecular formula is C27H25N3O4. The average molecular weight is 456 g/mol. The molecule has 1 saturated heterocycles. The number of benzene rings is 2. The van der Waals surface area contributed by atoms with Gasteiger partial charge in [0.25, 0.3) is 5.91 Å². The number of rotatable bonds is 3. The molecule has 7 heteroatoms. The summed E-state index contributed by atoms with van der Waals surface area (Å²) >= 11 is 0. The number of amides is 2. The Morgan fingerprint density at radius 1 is 0.912 bits per heavy atom. The fraction of sp³-hybridized carbons (Fsp3) is 0.296. The average Bonchev–Trinajstić information content (AvgIpc) is 3.57. The Balaban J connectivity index is 1.20. The molecule has 2 aliphatic heterocycles. The number of hydrogen-bond donors (Lipinski definition) is 0. The number of furan rings is 1. The van der Waals surface area contributed by atoms with Crippen LogP contribution in [0, 0.1) is 0 Å². The van der Waals surface area contributed by atoms with Crippen molar-refractivity contribution >= 4 is 22.9 Å². The topological polar surface area (TPSA) is 79.8 Å². The van der Waals surface area contributed by atoms with Crippen molar-refractivity contribution in [1.82, 2.24) is 14.8 Å². The second kappa shape index (κ2) is 8.48. The lowest BCUT2D eigenvalue weighted by Gasteiger charge is -2.40. The molecule has 0 spiro atoms. The molecule has 0 saturated carbocycles. The second-order valence-electron chi connectivity index (χ2n) is 9.02. The summed E-state index contributed by atoms with van der Waals surface area (Å²) < 4.78 is 11.3. The first-order valence-electron chi connectivity index (χ1n) is 11.7. The van der Waals surface area contributed by atoms with Crippen LogP contribution in [0.3, 0.4) is 0 Å². The molecule has 4 heterocycles. The zero-order chi connectivity index (χ0) is 23.1. The third kappa shape index (κ3) is 3.67. The predicted octanol–water partition coefficient (Wildman–Crippen LogP) is 4.39. The summed E-state index contributed by atoms with van der Waals surface area (Å²) in [6, 6.07) is 18.6. The molecule has 34 heavy (non-hydrogen) atoms. The van der Waals surface area contributed by atoms with Crippen LogP contribution >= 0.6 is 0 Å². The molecule has 0 radical (unpaired) electrons. The molecule has 172 valence electrons.